The highest BCUT2D eigenvalue weighted by Crippen LogP contribution is 2.31. The molecule has 0 spiro atoms. The number of amides is 1. The molecule has 20 heavy (non-hydrogen) atoms. The number of aromatic amines is 1. The van der Waals surface area contributed by atoms with Gasteiger partial charge in [-0.3, -0.25) is 9.89 Å². The number of hydrogen-bond acceptors (Lipinski definition) is 5. The minimum Gasteiger partial charge on any atom is -0.486 e. The molecule has 1 aromatic heterocycles. The van der Waals surface area contributed by atoms with E-state index in [9.17, 15) is 4.79 Å². The minimum absolute atomic E-state index is 0.113. The first-order valence-corrected chi connectivity index (χ1v) is 6.23. The van der Waals surface area contributed by atoms with Gasteiger partial charge in [-0.25, -0.2) is 4.98 Å². The van der Waals surface area contributed by atoms with Crippen LogP contribution in [0.1, 0.15) is 16.2 Å². The molecular weight excluding hydrogens is 260 g/mol. The highest BCUT2D eigenvalue weighted by atomic mass is 16.6. The van der Waals surface area contributed by atoms with E-state index in [0.29, 0.717) is 42.6 Å². The molecule has 1 aliphatic rings. The Kier molecular flexibility index (Phi) is 3.24. The molecule has 2 aromatic rings. The van der Waals surface area contributed by atoms with Gasteiger partial charge in [-0.05, 0) is 18.2 Å². The summed E-state index contributed by atoms with van der Waals surface area (Å²) < 4.78 is 10.9. The molecule has 0 saturated heterocycles. The molecule has 0 atom stereocenters. The molecule has 1 aliphatic heterocycles. The zero-order chi connectivity index (χ0) is 13.9. The van der Waals surface area contributed by atoms with E-state index in [1.165, 1.54) is 6.33 Å². The van der Waals surface area contributed by atoms with Crippen LogP contribution in [0.5, 0.6) is 11.5 Å². The normalized spacial score (nSPS) is 13.1. The number of carbonyl (C=O) groups excluding carboxylic acids is 1. The van der Waals surface area contributed by atoms with Crippen LogP contribution in [0.2, 0.25) is 0 Å². The summed E-state index contributed by atoms with van der Waals surface area (Å²) >= 11 is 0. The first-order chi connectivity index (χ1) is 9.74. The quantitative estimate of drug-likeness (QED) is 0.897. The molecule has 1 aromatic carbocycles. The maximum Gasteiger partial charge on any atom is 0.254 e. The largest absolute Gasteiger partial charge is 0.486 e. The molecule has 1 amide bonds. The minimum atomic E-state index is -0.113. The van der Waals surface area contributed by atoms with Gasteiger partial charge in [-0.15, -0.1) is 0 Å². The summed E-state index contributed by atoms with van der Waals surface area (Å²) in [6, 6.07) is 5.18. The van der Waals surface area contributed by atoms with E-state index in [4.69, 9.17) is 9.47 Å². The third-order valence-electron chi connectivity index (χ3n) is 2.99. The smallest absolute Gasteiger partial charge is 0.254 e. The highest BCUT2D eigenvalue weighted by molar-refractivity contribution is 5.94. The Morgan fingerprint density at radius 3 is 2.90 bits per heavy atom. The Balaban J connectivity index is 1.76. The first-order valence-electron chi connectivity index (χ1n) is 6.23. The third-order valence-corrected chi connectivity index (χ3v) is 2.99. The van der Waals surface area contributed by atoms with E-state index in [1.807, 2.05) is 0 Å². The molecule has 7 heteroatoms. The maximum atomic E-state index is 12.3. The molecule has 3 rings (SSSR count). The first kappa shape index (κ1) is 12.5. The third kappa shape index (κ3) is 2.42. The number of aromatic nitrogens is 3. The van der Waals surface area contributed by atoms with Crippen molar-refractivity contribution in [1.82, 2.24) is 20.1 Å². The number of rotatable bonds is 3. The Morgan fingerprint density at radius 1 is 1.35 bits per heavy atom. The second-order valence-corrected chi connectivity index (χ2v) is 4.45. The van der Waals surface area contributed by atoms with E-state index >= 15 is 0 Å². The lowest BCUT2D eigenvalue weighted by Gasteiger charge is -2.20. The van der Waals surface area contributed by atoms with Gasteiger partial charge in [0.2, 0.25) is 0 Å². The van der Waals surface area contributed by atoms with E-state index in [0.717, 1.165) is 0 Å². The molecule has 0 unspecified atom stereocenters. The zero-order valence-electron chi connectivity index (χ0n) is 11.0. The van der Waals surface area contributed by atoms with Crippen LogP contribution in [0.4, 0.5) is 0 Å². The summed E-state index contributed by atoms with van der Waals surface area (Å²) in [6.07, 6.45) is 1.41. The van der Waals surface area contributed by atoms with Crippen LogP contribution in [0.15, 0.2) is 24.5 Å². The molecule has 1 N–H and O–H groups in total. The van der Waals surface area contributed by atoms with Crippen LogP contribution in [0.3, 0.4) is 0 Å². The summed E-state index contributed by atoms with van der Waals surface area (Å²) in [7, 11) is 1.71. The lowest BCUT2D eigenvalue weighted by Crippen LogP contribution is -2.27. The van der Waals surface area contributed by atoms with E-state index in [2.05, 4.69) is 15.2 Å². The predicted octanol–water partition coefficient (Wildman–Crippen LogP) is 0.848. The zero-order valence-corrected chi connectivity index (χ0v) is 11.0. The van der Waals surface area contributed by atoms with Crippen LogP contribution in [0.25, 0.3) is 0 Å². The van der Waals surface area contributed by atoms with Crippen LogP contribution >= 0.6 is 0 Å². The topological polar surface area (TPSA) is 80.3 Å². The van der Waals surface area contributed by atoms with Gasteiger partial charge in [0, 0.05) is 12.6 Å². The molecular formula is C13H14N4O3. The van der Waals surface area contributed by atoms with E-state index in [-0.39, 0.29) is 5.91 Å². The van der Waals surface area contributed by atoms with Gasteiger partial charge in [-0.2, -0.15) is 5.10 Å². The van der Waals surface area contributed by atoms with Crippen molar-refractivity contribution in [2.24, 2.45) is 0 Å². The number of nitrogens with zero attached hydrogens (tertiary/aromatic N) is 3. The van der Waals surface area contributed by atoms with Crippen molar-refractivity contribution in [2.75, 3.05) is 20.3 Å². The summed E-state index contributed by atoms with van der Waals surface area (Å²) in [6.45, 7) is 1.40. The lowest BCUT2D eigenvalue weighted by atomic mass is 10.1. The van der Waals surface area contributed by atoms with Crippen molar-refractivity contribution in [3.63, 3.8) is 0 Å². The van der Waals surface area contributed by atoms with Gasteiger partial charge < -0.3 is 14.4 Å². The summed E-state index contributed by atoms with van der Waals surface area (Å²) in [4.78, 5) is 17.9. The fraction of sp³-hybridized carbons (Fsp3) is 0.308. The summed E-state index contributed by atoms with van der Waals surface area (Å²) in [5, 5.41) is 6.48. The molecule has 0 bridgehead atoms. The SMILES string of the molecule is CN(Cc1ncn[nH]1)C(=O)c1ccc2c(c1)OCCO2. The number of benzene rings is 1. The van der Waals surface area contributed by atoms with Gasteiger partial charge in [0.05, 0.1) is 6.54 Å². The average molecular weight is 274 g/mol. The van der Waals surface area contributed by atoms with Gasteiger partial charge >= 0.3 is 0 Å². The number of H-pyrrole nitrogens is 1. The van der Waals surface area contributed by atoms with Crippen molar-refractivity contribution in [1.29, 1.82) is 0 Å². The van der Waals surface area contributed by atoms with Gasteiger partial charge in [0.1, 0.15) is 25.4 Å². The highest BCUT2D eigenvalue weighted by Gasteiger charge is 2.18. The standard InChI is InChI=1S/C13H14N4O3/c1-17(7-12-14-8-15-16-12)13(18)9-2-3-10-11(6-9)20-5-4-19-10/h2-3,6,8H,4-5,7H2,1H3,(H,14,15,16). The van der Waals surface area contributed by atoms with Crippen LogP contribution in [0, 0.1) is 0 Å². The number of fused-ring (bicyclic) bond motifs is 1. The molecule has 0 aliphatic carbocycles. The predicted molar refractivity (Wildman–Crippen MR) is 69.6 cm³/mol. The molecule has 2 heterocycles. The van der Waals surface area contributed by atoms with E-state index in [1.54, 1.807) is 30.1 Å². The second-order valence-electron chi connectivity index (χ2n) is 4.45. The monoisotopic (exact) mass is 274 g/mol. The van der Waals surface area contributed by atoms with Crippen molar-refractivity contribution in [3.05, 3.63) is 35.9 Å². The molecule has 104 valence electrons. The Hall–Kier alpha value is -2.57. The number of ether oxygens (including phenoxy) is 2. The molecule has 0 saturated carbocycles. The van der Waals surface area contributed by atoms with Crippen molar-refractivity contribution in [3.8, 4) is 11.5 Å². The van der Waals surface area contributed by atoms with Gasteiger partial charge in [-0.1, -0.05) is 0 Å². The van der Waals surface area contributed by atoms with Gasteiger partial charge in [0.15, 0.2) is 11.5 Å². The number of hydrogen-bond donors (Lipinski definition) is 1. The van der Waals surface area contributed by atoms with E-state index < -0.39 is 0 Å². The van der Waals surface area contributed by atoms with Crippen LogP contribution in [-0.2, 0) is 6.54 Å². The van der Waals surface area contributed by atoms with Crippen molar-refractivity contribution in [2.45, 2.75) is 6.54 Å². The maximum absolute atomic E-state index is 12.3. The van der Waals surface area contributed by atoms with Crippen LogP contribution in [-0.4, -0.2) is 46.2 Å². The lowest BCUT2D eigenvalue weighted by molar-refractivity contribution is 0.0780. The second kappa shape index (κ2) is 5.20. The Morgan fingerprint density at radius 2 is 2.15 bits per heavy atom. The fourth-order valence-electron chi connectivity index (χ4n) is 2.00. The molecule has 7 nitrogen and oxygen atoms in total. The average Bonchev–Trinajstić information content (AvgIpc) is 2.99. The summed E-state index contributed by atoms with van der Waals surface area (Å²) in [5.74, 6) is 1.80. The number of carbonyl (C=O) groups is 1. The number of nitrogens with one attached hydrogen (secondary N) is 1. The van der Waals surface area contributed by atoms with Crippen molar-refractivity contribution < 1.29 is 14.3 Å². The molecule has 0 fully saturated rings. The Labute approximate surface area is 115 Å². The van der Waals surface area contributed by atoms with Gasteiger partial charge in [0.25, 0.3) is 5.91 Å². The molecule has 0 radical (unpaired) electrons. The fourth-order valence-corrected chi connectivity index (χ4v) is 2.00. The summed E-state index contributed by atoms with van der Waals surface area (Å²) in [5.41, 5.74) is 0.552. The van der Waals surface area contributed by atoms with Crippen molar-refractivity contribution >= 4 is 5.91 Å². The Bertz CT molecular complexity index is 612. The van der Waals surface area contributed by atoms with Crippen LogP contribution < -0.4 is 9.47 Å².